The van der Waals surface area contributed by atoms with Crippen LogP contribution in [0.25, 0.3) is 11.3 Å². The molecule has 142 valence electrons. The number of rotatable bonds is 3. The Morgan fingerprint density at radius 3 is 2.21 bits per heavy atom. The van der Waals surface area contributed by atoms with Crippen LogP contribution in [0, 0.1) is 12.1 Å². The summed E-state index contributed by atoms with van der Waals surface area (Å²) in [5.41, 5.74) is 2.49. The third kappa shape index (κ3) is 4.42. The molecule has 0 aliphatic heterocycles. The Kier molecular flexibility index (Phi) is 5.82. The lowest BCUT2D eigenvalue weighted by molar-refractivity contribution is -0.592. The van der Waals surface area contributed by atoms with Crippen LogP contribution in [0.15, 0.2) is 60.8 Å². The quantitative estimate of drug-likeness (QED) is 0.485. The summed E-state index contributed by atoms with van der Waals surface area (Å²) in [6, 6.07) is 14.4. The van der Waals surface area contributed by atoms with Gasteiger partial charge in [-0.25, -0.2) is 4.79 Å². The SMILES string of the molecule is Cc1ccc(-c2ccc(NC(=O)NC(=O)c3c(Cl)cccc3Cl)c[n+]2[O-])cc1. The lowest BCUT2D eigenvalue weighted by Gasteiger charge is -2.10. The number of nitrogens with zero attached hydrogens (tertiary/aromatic N) is 1. The predicted molar refractivity (Wildman–Crippen MR) is 109 cm³/mol. The van der Waals surface area contributed by atoms with E-state index in [1.165, 1.54) is 18.3 Å². The summed E-state index contributed by atoms with van der Waals surface area (Å²) in [5, 5.41) is 17.1. The van der Waals surface area contributed by atoms with E-state index in [1.54, 1.807) is 18.2 Å². The third-order valence-electron chi connectivity index (χ3n) is 3.94. The fourth-order valence-corrected chi connectivity index (χ4v) is 3.11. The minimum Gasteiger partial charge on any atom is -0.618 e. The number of nitrogens with one attached hydrogen (secondary N) is 2. The monoisotopic (exact) mass is 415 g/mol. The van der Waals surface area contributed by atoms with E-state index in [0.717, 1.165) is 11.1 Å². The number of pyridine rings is 1. The first-order valence-corrected chi connectivity index (χ1v) is 8.97. The zero-order valence-corrected chi connectivity index (χ0v) is 16.2. The summed E-state index contributed by atoms with van der Waals surface area (Å²) in [7, 11) is 0. The van der Waals surface area contributed by atoms with Crippen LogP contribution < -0.4 is 15.4 Å². The second kappa shape index (κ2) is 8.29. The number of amides is 3. The standard InChI is InChI=1S/C20H15Cl2N3O3/c1-12-5-7-13(8-6-12)17-10-9-14(11-25(17)28)23-20(27)24-19(26)18-15(21)3-2-4-16(18)22/h2-11H,1H3,(H2,23,24,26,27). The second-order valence-corrected chi connectivity index (χ2v) is 6.81. The Balaban J connectivity index is 1.71. The van der Waals surface area contributed by atoms with Crippen molar-refractivity contribution in [3.63, 3.8) is 0 Å². The summed E-state index contributed by atoms with van der Waals surface area (Å²) in [6.45, 7) is 1.96. The van der Waals surface area contributed by atoms with E-state index < -0.39 is 11.9 Å². The van der Waals surface area contributed by atoms with Gasteiger partial charge in [0.25, 0.3) is 5.91 Å². The minimum atomic E-state index is -0.816. The highest BCUT2D eigenvalue weighted by atomic mass is 35.5. The van der Waals surface area contributed by atoms with E-state index in [0.29, 0.717) is 10.4 Å². The molecule has 0 atom stereocenters. The van der Waals surface area contributed by atoms with E-state index in [-0.39, 0.29) is 21.3 Å². The lowest BCUT2D eigenvalue weighted by Crippen LogP contribution is -2.36. The molecule has 0 spiro atoms. The van der Waals surface area contributed by atoms with Crippen LogP contribution in [0.5, 0.6) is 0 Å². The van der Waals surface area contributed by atoms with Crippen molar-refractivity contribution in [2.24, 2.45) is 0 Å². The van der Waals surface area contributed by atoms with E-state index in [9.17, 15) is 14.8 Å². The fraction of sp³-hybridized carbons (Fsp3) is 0.0500. The second-order valence-electron chi connectivity index (χ2n) is 6.00. The molecule has 0 saturated heterocycles. The number of anilines is 1. The van der Waals surface area contributed by atoms with E-state index in [2.05, 4.69) is 10.6 Å². The molecule has 2 aromatic carbocycles. The highest BCUT2D eigenvalue weighted by Crippen LogP contribution is 2.24. The smallest absolute Gasteiger partial charge is 0.326 e. The molecule has 0 aliphatic rings. The van der Waals surface area contributed by atoms with Crippen molar-refractivity contribution in [1.29, 1.82) is 0 Å². The maximum atomic E-state index is 12.3. The Morgan fingerprint density at radius 2 is 1.61 bits per heavy atom. The molecule has 0 radical (unpaired) electrons. The summed E-state index contributed by atoms with van der Waals surface area (Å²) >= 11 is 11.9. The van der Waals surface area contributed by atoms with Crippen LogP contribution in [0.2, 0.25) is 10.0 Å². The van der Waals surface area contributed by atoms with Crippen LogP contribution in [-0.4, -0.2) is 11.9 Å². The van der Waals surface area contributed by atoms with Gasteiger partial charge in [0.2, 0.25) is 11.9 Å². The maximum Gasteiger partial charge on any atom is 0.326 e. The average Bonchev–Trinajstić information content (AvgIpc) is 2.62. The largest absolute Gasteiger partial charge is 0.618 e. The molecule has 0 fully saturated rings. The van der Waals surface area contributed by atoms with Crippen LogP contribution in [0.1, 0.15) is 15.9 Å². The van der Waals surface area contributed by atoms with Gasteiger partial charge in [0.05, 0.1) is 15.6 Å². The van der Waals surface area contributed by atoms with Crippen molar-refractivity contribution >= 4 is 40.8 Å². The third-order valence-corrected chi connectivity index (χ3v) is 4.57. The van der Waals surface area contributed by atoms with Crippen molar-refractivity contribution in [3.8, 4) is 11.3 Å². The first-order chi connectivity index (χ1) is 13.3. The number of hydrogen-bond donors (Lipinski definition) is 2. The van der Waals surface area contributed by atoms with E-state index in [1.807, 2.05) is 31.2 Å². The first kappa shape index (κ1) is 19.7. The topological polar surface area (TPSA) is 85.1 Å². The molecule has 0 aliphatic carbocycles. The predicted octanol–water partition coefficient (Wildman–Crippen LogP) is 4.56. The van der Waals surface area contributed by atoms with Crippen molar-refractivity contribution < 1.29 is 14.3 Å². The number of aromatic nitrogens is 1. The van der Waals surface area contributed by atoms with Crippen LogP contribution in [0.4, 0.5) is 10.5 Å². The Hall–Kier alpha value is -3.09. The number of imide groups is 1. The molecule has 28 heavy (non-hydrogen) atoms. The van der Waals surface area contributed by atoms with Crippen LogP contribution in [-0.2, 0) is 0 Å². The van der Waals surface area contributed by atoms with Crippen LogP contribution in [0.3, 0.4) is 0 Å². The Bertz CT molecular complexity index is 1030. The van der Waals surface area contributed by atoms with Crippen molar-refractivity contribution in [3.05, 3.63) is 87.2 Å². The van der Waals surface area contributed by atoms with Crippen molar-refractivity contribution in [2.45, 2.75) is 6.92 Å². The molecule has 6 nitrogen and oxygen atoms in total. The van der Waals surface area contributed by atoms with Gasteiger partial charge in [-0.05, 0) is 37.3 Å². The molecule has 2 N–H and O–H groups in total. The van der Waals surface area contributed by atoms with Gasteiger partial charge in [0.15, 0.2) is 0 Å². The van der Waals surface area contributed by atoms with Gasteiger partial charge < -0.3 is 10.5 Å². The summed E-state index contributed by atoms with van der Waals surface area (Å²) < 4.78 is 0.646. The van der Waals surface area contributed by atoms with E-state index >= 15 is 0 Å². The minimum absolute atomic E-state index is 0.00501. The molecule has 1 aromatic heterocycles. The zero-order valence-electron chi connectivity index (χ0n) is 14.7. The molecule has 1 heterocycles. The van der Waals surface area contributed by atoms with Crippen molar-refractivity contribution in [2.75, 3.05) is 5.32 Å². The number of benzene rings is 2. The van der Waals surface area contributed by atoms with Gasteiger partial charge in [0, 0.05) is 11.6 Å². The van der Waals surface area contributed by atoms with Gasteiger partial charge in [-0.1, -0.05) is 47.0 Å². The van der Waals surface area contributed by atoms with Gasteiger partial charge in [-0.3, -0.25) is 10.1 Å². The van der Waals surface area contributed by atoms with Gasteiger partial charge in [0.1, 0.15) is 5.69 Å². The molecular formula is C20H15Cl2N3O3. The highest BCUT2D eigenvalue weighted by Gasteiger charge is 2.18. The number of carbonyl (C=O) groups excluding carboxylic acids is 2. The number of carbonyl (C=O) groups is 2. The molecule has 3 rings (SSSR count). The maximum absolute atomic E-state index is 12.3. The number of halogens is 2. The van der Waals surface area contributed by atoms with Gasteiger partial charge in [-0.2, -0.15) is 4.73 Å². The number of urea groups is 1. The molecule has 0 bridgehead atoms. The molecule has 3 amide bonds. The number of aryl methyl sites for hydroxylation is 1. The summed E-state index contributed by atoms with van der Waals surface area (Å²) in [5.74, 6) is -0.751. The highest BCUT2D eigenvalue weighted by molar-refractivity contribution is 6.40. The molecular weight excluding hydrogens is 401 g/mol. The average molecular weight is 416 g/mol. The van der Waals surface area contributed by atoms with Gasteiger partial charge in [-0.15, -0.1) is 0 Å². The van der Waals surface area contributed by atoms with Crippen molar-refractivity contribution in [1.82, 2.24) is 5.32 Å². The van der Waals surface area contributed by atoms with E-state index in [4.69, 9.17) is 23.2 Å². The molecule has 3 aromatic rings. The normalized spacial score (nSPS) is 10.4. The zero-order chi connectivity index (χ0) is 20.3. The molecule has 8 heteroatoms. The fourth-order valence-electron chi connectivity index (χ4n) is 2.55. The Morgan fingerprint density at radius 1 is 0.964 bits per heavy atom. The van der Waals surface area contributed by atoms with Gasteiger partial charge >= 0.3 is 6.03 Å². The first-order valence-electron chi connectivity index (χ1n) is 8.22. The van der Waals surface area contributed by atoms with Crippen LogP contribution >= 0.6 is 23.2 Å². The number of hydrogen-bond acceptors (Lipinski definition) is 3. The summed E-state index contributed by atoms with van der Waals surface area (Å²) in [4.78, 5) is 24.3. The molecule has 0 unspecified atom stereocenters. The molecule has 0 saturated carbocycles. The summed E-state index contributed by atoms with van der Waals surface area (Å²) in [6.07, 6.45) is 1.21. The lowest BCUT2D eigenvalue weighted by atomic mass is 10.1. The Labute approximate surface area is 171 Å².